The van der Waals surface area contributed by atoms with Crippen LogP contribution in [0.4, 0.5) is 51.2 Å². The van der Waals surface area contributed by atoms with Crippen molar-refractivity contribution in [1.29, 1.82) is 0 Å². The van der Waals surface area contributed by atoms with Gasteiger partial charge in [0, 0.05) is 65.7 Å². The van der Waals surface area contributed by atoms with Crippen molar-refractivity contribution in [2.24, 2.45) is 0 Å². The first-order valence-corrected chi connectivity index (χ1v) is 26.4. The number of aryl methyl sites for hydroxylation is 1. The molecule has 3 heterocycles. The number of anilines is 9. The minimum absolute atomic E-state index is 0.00314. The Morgan fingerprint density at radius 2 is 0.986 bits per heavy atom. The molecule has 0 saturated heterocycles. The van der Waals surface area contributed by atoms with Crippen molar-refractivity contribution < 1.29 is 0 Å². The molecule has 0 bridgehead atoms. The van der Waals surface area contributed by atoms with E-state index in [-0.39, 0.29) is 28.4 Å². The molecule has 0 amide bonds. The summed E-state index contributed by atoms with van der Waals surface area (Å²) in [6, 6.07) is 62.9. The van der Waals surface area contributed by atoms with Crippen molar-refractivity contribution in [3.05, 3.63) is 192 Å². The van der Waals surface area contributed by atoms with Crippen LogP contribution in [0.25, 0.3) is 20.2 Å². The molecule has 4 aliphatic rings. The molecule has 0 spiro atoms. The fourth-order valence-electron chi connectivity index (χ4n) is 13.1. The van der Waals surface area contributed by atoms with Crippen LogP contribution in [0, 0.1) is 6.92 Å². The summed E-state index contributed by atoms with van der Waals surface area (Å²) in [7, 11) is 0. The van der Waals surface area contributed by atoms with Crippen molar-refractivity contribution in [2.75, 3.05) is 14.7 Å². The maximum atomic E-state index is 2.69. The summed E-state index contributed by atoms with van der Waals surface area (Å²) in [4.78, 5) is 7.77. The van der Waals surface area contributed by atoms with Crippen molar-refractivity contribution in [2.45, 2.75) is 110 Å². The number of para-hydroxylation sites is 2. The minimum atomic E-state index is -0.00314. The Morgan fingerprint density at radius 1 is 0.429 bits per heavy atom. The van der Waals surface area contributed by atoms with E-state index < -0.39 is 0 Å². The summed E-state index contributed by atoms with van der Waals surface area (Å²) < 4.78 is 2.62. The average molecular weight is 928 g/mol. The second kappa shape index (κ2) is 15.2. The van der Waals surface area contributed by atoms with Gasteiger partial charge in [-0.1, -0.05) is 134 Å². The van der Waals surface area contributed by atoms with Gasteiger partial charge in [-0.15, -0.1) is 11.3 Å². The fourth-order valence-corrected chi connectivity index (χ4v) is 14.2. The Kier molecular flexibility index (Phi) is 9.45. The lowest BCUT2D eigenvalue weighted by Gasteiger charge is -2.48. The molecule has 2 aliphatic heterocycles. The van der Waals surface area contributed by atoms with Gasteiger partial charge in [0.15, 0.2) is 0 Å². The molecule has 0 unspecified atom stereocenters. The second-order valence-corrected chi connectivity index (χ2v) is 24.6. The summed E-state index contributed by atoms with van der Waals surface area (Å²) >= 11 is 1.90. The zero-order valence-electron chi connectivity index (χ0n) is 42.2. The normalized spacial score (nSPS) is 17.6. The molecule has 0 N–H and O–H groups in total. The number of rotatable bonds is 5. The molecule has 70 heavy (non-hydrogen) atoms. The standard InChI is InChI=1S/C65H62BN3S/c1-41-35-56-61-57(36-41)69(53-24-18-26-59-60(53)46-23-16-17-25-58(46)70-59)54-38-45(67(42-19-12-10-13-20-42)43-21-14-11-15-22-43)28-30-51(54)66(61)52-39-49-50(65(8,9)34-33-64(49,6)7)40-55(52)68(56)44-27-29-47-48(37-44)63(4,5)32-31-62(47,2)3/h10-30,35-40H,31-34H2,1-9H3. The highest BCUT2D eigenvalue weighted by Crippen LogP contribution is 2.54. The van der Waals surface area contributed by atoms with Crippen LogP contribution >= 0.6 is 11.3 Å². The van der Waals surface area contributed by atoms with E-state index in [0.29, 0.717) is 0 Å². The summed E-state index contributed by atoms with van der Waals surface area (Å²) in [6.45, 7) is 22.1. The molecular formula is C65H62BN3S. The third-order valence-corrected chi connectivity index (χ3v) is 18.3. The third-order valence-electron chi connectivity index (χ3n) is 17.2. The van der Waals surface area contributed by atoms with Gasteiger partial charge in [0.05, 0.1) is 5.69 Å². The molecule has 1 aromatic heterocycles. The van der Waals surface area contributed by atoms with Crippen LogP contribution in [0.3, 0.4) is 0 Å². The first-order valence-electron chi connectivity index (χ1n) is 25.6. The minimum Gasteiger partial charge on any atom is -0.311 e. The first kappa shape index (κ1) is 43.5. The number of thiophene rings is 1. The number of hydrogen-bond acceptors (Lipinski definition) is 4. The molecule has 0 radical (unpaired) electrons. The molecule has 0 fully saturated rings. The Balaban J connectivity index is 1.15. The van der Waals surface area contributed by atoms with Crippen LogP contribution < -0.4 is 31.1 Å². The maximum Gasteiger partial charge on any atom is 0.252 e. The smallest absolute Gasteiger partial charge is 0.252 e. The Morgan fingerprint density at radius 3 is 1.66 bits per heavy atom. The highest BCUT2D eigenvalue weighted by Gasteiger charge is 2.47. The van der Waals surface area contributed by atoms with E-state index >= 15 is 0 Å². The van der Waals surface area contributed by atoms with E-state index in [1.165, 1.54) is 118 Å². The highest BCUT2D eigenvalue weighted by atomic mass is 32.1. The van der Waals surface area contributed by atoms with Gasteiger partial charge in [-0.2, -0.15) is 0 Å². The van der Waals surface area contributed by atoms with E-state index in [0.717, 1.165) is 23.5 Å². The van der Waals surface area contributed by atoms with Crippen LogP contribution in [0.2, 0.25) is 0 Å². The van der Waals surface area contributed by atoms with E-state index in [9.17, 15) is 0 Å². The lowest BCUT2D eigenvalue weighted by molar-refractivity contribution is 0.332. The molecule has 8 aromatic carbocycles. The van der Waals surface area contributed by atoms with Crippen molar-refractivity contribution >= 4 is 106 Å². The number of fused-ring (bicyclic) bond motifs is 9. The Labute approximate surface area is 419 Å². The van der Waals surface area contributed by atoms with Crippen LogP contribution in [-0.2, 0) is 21.7 Å². The van der Waals surface area contributed by atoms with Crippen molar-refractivity contribution in [1.82, 2.24) is 0 Å². The van der Waals surface area contributed by atoms with E-state index in [4.69, 9.17) is 0 Å². The number of benzene rings is 8. The number of nitrogens with zero attached hydrogens (tertiary/aromatic N) is 3. The van der Waals surface area contributed by atoms with Gasteiger partial charge < -0.3 is 14.7 Å². The van der Waals surface area contributed by atoms with Crippen molar-refractivity contribution in [3.63, 3.8) is 0 Å². The van der Waals surface area contributed by atoms with Gasteiger partial charge in [-0.3, -0.25) is 0 Å². The second-order valence-electron chi connectivity index (χ2n) is 23.5. The van der Waals surface area contributed by atoms with Gasteiger partial charge in [-0.05, 0) is 183 Å². The predicted molar refractivity (Wildman–Crippen MR) is 303 cm³/mol. The van der Waals surface area contributed by atoms with Gasteiger partial charge >= 0.3 is 0 Å². The molecule has 9 aromatic rings. The zero-order valence-corrected chi connectivity index (χ0v) is 43.1. The quantitative estimate of drug-likeness (QED) is 0.159. The molecule has 0 atom stereocenters. The lowest BCUT2D eigenvalue weighted by atomic mass is 9.33. The summed E-state index contributed by atoms with van der Waals surface area (Å²) in [5.41, 5.74) is 22.6. The summed E-state index contributed by atoms with van der Waals surface area (Å²) in [5, 5.41) is 2.61. The van der Waals surface area contributed by atoms with E-state index in [2.05, 4.69) is 241 Å². The Hall–Kier alpha value is -6.56. The molecule has 346 valence electrons. The fraction of sp³-hybridized carbons (Fsp3) is 0.262. The lowest BCUT2D eigenvalue weighted by Crippen LogP contribution is -2.62. The maximum absolute atomic E-state index is 2.69. The van der Waals surface area contributed by atoms with Crippen LogP contribution in [0.5, 0.6) is 0 Å². The summed E-state index contributed by atoms with van der Waals surface area (Å²) in [6.07, 6.45) is 4.70. The topological polar surface area (TPSA) is 9.72 Å². The molecule has 3 nitrogen and oxygen atoms in total. The Bertz CT molecular complexity index is 3560. The molecule has 0 saturated carbocycles. The van der Waals surface area contributed by atoms with Crippen molar-refractivity contribution in [3.8, 4) is 0 Å². The molecule has 5 heteroatoms. The monoisotopic (exact) mass is 927 g/mol. The largest absolute Gasteiger partial charge is 0.311 e. The van der Waals surface area contributed by atoms with Gasteiger partial charge in [0.2, 0.25) is 0 Å². The molecule has 2 aliphatic carbocycles. The average Bonchev–Trinajstić information content (AvgIpc) is 3.74. The number of hydrogen-bond donors (Lipinski definition) is 0. The van der Waals surface area contributed by atoms with Gasteiger partial charge in [-0.25, -0.2) is 0 Å². The third kappa shape index (κ3) is 6.46. The highest BCUT2D eigenvalue weighted by molar-refractivity contribution is 7.26. The van der Waals surface area contributed by atoms with Crippen LogP contribution in [0.15, 0.2) is 164 Å². The zero-order chi connectivity index (χ0) is 48.1. The van der Waals surface area contributed by atoms with Crippen LogP contribution in [-0.4, -0.2) is 6.71 Å². The summed E-state index contributed by atoms with van der Waals surface area (Å²) in [5.74, 6) is 0. The molecule has 13 rings (SSSR count). The molecular weight excluding hydrogens is 866 g/mol. The predicted octanol–water partition coefficient (Wildman–Crippen LogP) is 16.6. The van der Waals surface area contributed by atoms with E-state index in [1.54, 1.807) is 0 Å². The SMILES string of the molecule is Cc1cc2c3c(c1)N(c1cccc4sc5ccccc5c14)c1cc(N(c4ccccc4)c4ccccc4)ccc1B3c1cc3c(cc1N2c1ccc2c(c1)C(C)(C)CCC2(C)C)C(C)(C)CCC3(C)C. The van der Waals surface area contributed by atoms with Gasteiger partial charge in [0.1, 0.15) is 0 Å². The van der Waals surface area contributed by atoms with E-state index in [1.807, 2.05) is 11.3 Å². The first-order chi connectivity index (χ1) is 33.6. The van der Waals surface area contributed by atoms with Gasteiger partial charge in [0.25, 0.3) is 6.71 Å². The van der Waals surface area contributed by atoms with Crippen LogP contribution in [0.1, 0.15) is 109 Å².